The molecule has 3 aliphatic rings. The fraction of sp³-hybridized carbons (Fsp3) is 0.545. The van der Waals surface area contributed by atoms with Crippen LogP contribution in [0.4, 0.5) is 10.2 Å². The number of likely N-dealkylation sites (tertiary alicyclic amines) is 1. The first kappa shape index (κ1) is 19.6. The maximum absolute atomic E-state index is 13.5. The van der Waals surface area contributed by atoms with Gasteiger partial charge >= 0.3 is 0 Å². The van der Waals surface area contributed by atoms with Gasteiger partial charge < -0.3 is 5.32 Å². The predicted molar refractivity (Wildman–Crippen MR) is 118 cm³/mol. The van der Waals surface area contributed by atoms with Crippen LogP contribution in [0.5, 0.6) is 0 Å². The molecule has 0 spiro atoms. The summed E-state index contributed by atoms with van der Waals surface area (Å²) < 4.78 is 13.5. The van der Waals surface area contributed by atoms with Gasteiger partial charge in [0, 0.05) is 30.7 Å². The Labute approximate surface area is 180 Å². The van der Waals surface area contributed by atoms with Crippen LogP contribution in [0.2, 0.25) is 5.02 Å². The number of fused-ring (bicyclic) bond motifs is 1. The third-order valence-corrected chi connectivity index (χ3v) is 8.09. The van der Waals surface area contributed by atoms with E-state index < -0.39 is 0 Å². The minimum absolute atomic E-state index is 0.327. The molecule has 2 aromatic rings. The molecule has 154 valence electrons. The zero-order valence-corrected chi connectivity index (χ0v) is 17.9. The van der Waals surface area contributed by atoms with Crippen LogP contribution in [0.3, 0.4) is 0 Å². The van der Waals surface area contributed by atoms with Crippen LogP contribution in [0.1, 0.15) is 25.7 Å². The molecule has 3 fully saturated rings. The Bertz CT molecular complexity index is 844. The van der Waals surface area contributed by atoms with E-state index in [1.54, 1.807) is 6.07 Å². The van der Waals surface area contributed by atoms with Crippen molar-refractivity contribution in [3.63, 3.8) is 0 Å². The topological polar surface area (TPSA) is 41.0 Å². The first-order valence-corrected chi connectivity index (χ1v) is 12.1. The second-order valence-corrected chi connectivity index (χ2v) is 10.2. The summed E-state index contributed by atoms with van der Waals surface area (Å²) in [7, 11) is 0. The fourth-order valence-corrected chi connectivity index (χ4v) is 6.55. The van der Waals surface area contributed by atoms with Gasteiger partial charge in [0.15, 0.2) is 0 Å². The number of hydrogen-bond acceptors (Lipinski definition) is 5. The third-order valence-electron chi connectivity index (χ3n) is 6.71. The molecule has 2 unspecified atom stereocenters. The highest BCUT2D eigenvalue weighted by molar-refractivity contribution is 7.99. The first-order valence-electron chi connectivity index (χ1n) is 10.5. The molecule has 0 radical (unpaired) electrons. The predicted octanol–water partition coefficient (Wildman–Crippen LogP) is 4.95. The molecule has 29 heavy (non-hydrogen) atoms. The van der Waals surface area contributed by atoms with Gasteiger partial charge in [-0.1, -0.05) is 11.6 Å². The maximum atomic E-state index is 13.5. The smallest absolute Gasteiger partial charge is 0.148 e. The van der Waals surface area contributed by atoms with Crippen LogP contribution >= 0.6 is 23.4 Å². The number of nitrogens with zero attached hydrogens (tertiary/aromatic N) is 3. The molecule has 1 aromatic carbocycles. The number of halogens is 2. The van der Waals surface area contributed by atoms with E-state index in [0.29, 0.717) is 22.3 Å². The zero-order chi connectivity index (χ0) is 19.8. The largest absolute Gasteiger partial charge is 0.366 e. The van der Waals surface area contributed by atoms with Gasteiger partial charge in [0.25, 0.3) is 0 Å². The average molecular weight is 433 g/mol. The van der Waals surface area contributed by atoms with Crippen molar-refractivity contribution in [2.24, 2.45) is 11.8 Å². The lowest BCUT2D eigenvalue weighted by Gasteiger charge is -2.31. The Morgan fingerprint density at radius 2 is 1.79 bits per heavy atom. The summed E-state index contributed by atoms with van der Waals surface area (Å²) in [4.78, 5) is 2.77. The highest BCUT2D eigenvalue weighted by atomic mass is 35.5. The first-order chi connectivity index (χ1) is 14.2. The van der Waals surface area contributed by atoms with Gasteiger partial charge in [-0.3, -0.25) is 4.90 Å². The standard InChI is InChI=1S/C22H26ClFN4S/c23-20-2-1-16(24)11-19(20)21-3-4-22(27-26-21)25-17-9-14-12-28(13-15(14)10-17)18-5-7-29-8-6-18/h1-4,11,14-15,17-18H,5-10,12-13H2,(H,25,27). The highest BCUT2D eigenvalue weighted by Crippen LogP contribution is 2.41. The monoisotopic (exact) mass is 432 g/mol. The summed E-state index contributed by atoms with van der Waals surface area (Å²) in [5.41, 5.74) is 1.16. The molecule has 2 atom stereocenters. The van der Waals surface area contributed by atoms with Crippen molar-refractivity contribution >= 4 is 29.2 Å². The normalized spacial score (nSPS) is 27.9. The summed E-state index contributed by atoms with van der Waals surface area (Å²) in [5.74, 6) is 4.73. The van der Waals surface area contributed by atoms with E-state index in [1.165, 1.54) is 62.4 Å². The van der Waals surface area contributed by atoms with E-state index in [4.69, 9.17) is 11.6 Å². The van der Waals surface area contributed by atoms with E-state index in [0.717, 1.165) is 23.7 Å². The fourth-order valence-electron chi connectivity index (χ4n) is 5.26. The number of benzene rings is 1. The van der Waals surface area contributed by atoms with Gasteiger partial charge in [-0.15, -0.1) is 10.2 Å². The lowest BCUT2D eigenvalue weighted by atomic mass is 10.0. The number of nitrogens with one attached hydrogen (secondary N) is 1. The zero-order valence-electron chi connectivity index (χ0n) is 16.4. The molecule has 1 aliphatic carbocycles. The number of thioether (sulfide) groups is 1. The van der Waals surface area contributed by atoms with E-state index in [-0.39, 0.29) is 5.82 Å². The lowest BCUT2D eigenvalue weighted by Crippen LogP contribution is -2.37. The molecule has 1 saturated carbocycles. The number of rotatable bonds is 4. The van der Waals surface area contributed by atoms with Gasteiger partial charge in [0.2, 0.25) is 0 Å². The van der Waals surface area contributed by atoms with E-state index in [2.05, 4.69) is 32.2 Å². The Balaban J connectivity index is 1.18. The molecule has 7 heteroatoms. The minimum atomic E-state index is -0.327. The molecule has 4 nitrogen and oxygen atoms in total. The van der Waals surface area contributed by atoms with Crippen LogP contribution in [-0.2, 0) is 0 Å². The van der Waals surface area contributed by atoms with Crippen molar-refractivity contribution in [1.29, 1.82) is 0 Å². The number of hydrogen-bond donors (Lipinski definition) is 1. The Morgan fingerprint density at radius 3 is 2.48 bits per heavy atom. The summed E-state index contributed by atoms with van der Waals surface area (Å²) in [6.07, 6.45) is 5.15. The molecule has 5 rings (SSSR count). The number of aromatic nitrogens is 2. The molecule has 3 heterocycles. The van der Waals surface area contributed by atoms with Crippen LogP contribution in [0.15, 0.2) is 30.3 Å². The lowest BCUT2D eigenvalue weighted by molar-refractivity contribution is 0.211. The van der Waals surface area contributed by atoms with Gasteiger partial charge in [-0.2, -0.15) is 11.8 Å². The SMILES string of the molecule is Fc1ccc(Cl)c(-c2ccc(NC3CC4CN(C5CCSCC5)CC4C3)nn2)c1. The number of anilines is 1. The molecular formula is C22H26ClFN4S. The second kappa shape index (κ2) is 8.40. The van der Waals surface area contributed by atoms with E-state index >= 15 is 0 Å². The van der Waals surface area contributed by atoms with Crippen LogP contribution in [-0.4, -0.2) is 51.8 Å². The molecular weight excluding hydrogens is 407 g/mol. The maximum Gasteiger partial charge on any atom is 0.148 e. The quantitative estimate of drug-likeness (QED) is 0.739. The molecule has 1 N–H and O–H groups in total. The summed E-state index contributed by atoms with van der Waals surface area (Å²) in [6.45, 7) is 2.53. The van der Waals surface area contributed by atoms with Crippen molar-refractivity contribution in [3.05, 3.63) is 41.2 Å². The van der Waals surface area contributed by atoms with Crippen LogP contribution in [0.25, 0.3) is 11.3 Å². The van der Waals surface area contributed by atoms with Crippen LogP contribution < -0.4 is 5.32 Å². The third kappa shape index (κ3) is 4.25. The Hall–Kier alpha value is -1.37. The Kier molecular flexibility index (Phi) is 5.67. The molecule has 2 saturated heterocycles. The van der Waals surface area contributed by atoms with E-state index in [1.807, 2.05) is 12.1 Å². The molecule has 1 aromatic heterocycles. The van der Waals surface area contributed by atoms with Gasteiger partial charge in [0.1, 0.15) is 11.6 Å². The molecule has 0 amide bonds. The van der Waals surface area contributed by atoms with Gasteiger partial charge in [-0.25, -0.2) is 4.39 Å². The molecule has 2 aliphatic heterocycles. The summed E-state index contributed by atoms with van der Waals surface area (Å²) in [6, 6.07) is 9.35. The van der Waals surface area contributed by atoms with Gasteiger partial charge in [0.05, 0.1) is 10.7 Å². The van der Waals surface area contributed by atoms with Crippen molar-refractivity contribution in [1.82, 2.24) is 15.1 Å². The van der Waals surface area contributed by atoms with Crippen molar-refractivity contribution in [2.45, 2.75) is 37.8 Å². The van der Waals surface area contributed by atoms with Crippen molar-refractivity contribution in [2.75, 3.05) is 29.9 Å². The van der Waals surface area contributed by atoms with Crippen molar-refractivity contribution in [3.8, 4) is 11.3 Å². The Morgan fingerprint density at radius 1 is 1.03 bits per heavy atom. The van der Waals surface area contributed by atoms with Crippen LogP contribution in [0, 0.1) is 17.7 Å². The highest BCUT2D eigenvalue weighted by Gasteiger charge is 2.42. The average Bonchev–Trinajstić information content (AvgIpc) is 3.30. The van der Waals surface area contributed by atoms with E-state index in [9.17, 15) is 4.39 Å². The van der Waals surface area contributed by atoms with Gasteiger partial charge in [-0.05, 0) is 79.4 Å². The summed E-state index contributed by atoms with van der Waals surface area (Å²) in [5, 5.41) is 12.6. The summed E-state index contributed by atoms with van der Waals surface area (Å²) >= 11 is 8.28. The molecule has 0 bridgehead atoms. The second-order valence-electron chi connectivity index (χ2n) is 8.56. The van der Waals surface area contributed by atoms with Crippen molar-refractivity contribution < 1.29 is 4.39 Å². The minimum Gasteiger partial charge on any atom is -0.366 e.